The minimum absolute atomic E-state index is 0.730. The van der Waals surface area contributed by atoms with Crippen molar-refractivity contribution in [2.45, 2.75) is 39.0 Å². The minimum atomic E-state index is -3.24. The maximum atomic E-state index is 11.5. The van der Waals surface area contributed by atoms with E-state index in [1.165, 1.54) is 0 Å². The van der Waals surface area contributed by atoms with Gasteiger partial charge in [-0.15, -0.1) is 0 Å². The summed E-state index contributed by atoms with van der Waals surface area (Å²) < 4.78 is 23.0. The van der Waals surface area contributed by atoms with Gasteiger partial charge in [-0.25, -0.2) is 8.42 Å². The van der Waals surface area contributed by atoms with E-state index in [0.29, 0.717) is 0 Å². The molecule has 0 aromatic heterocycles. The average molecular weight is 256 g/mol. The summed E-state index contributed by atoms with van der Waals surface area (Å²) in [5, 5.41) is 9.41. The van der Waals surface area contributed by atoms with Gasteiger partial charge in [0.2, 0.25) is 0 Å². The van der Waals surface area contributed by atoms with Gasteiger partial charge in [0.1, 0.15) is 0 Å². The molecule has 0 bridgehead atoms. The van der Waals surface area contributed by atoms with Gasteiger partial charge in [0, 0.05) is 6.26 Å². The van der Waals surface area contributed by atoms with Crippen LogP contribution in [0.1, 0.15) is 35.3 Å². The van der Waals surface area contributed by atoms with Crippen LogP contribution in [0.3, 0.4) is 0 Å². The topological polar surface area (TPSA) is 54.4 Å². The van der Waals surface area contributed by atoms with Gasteiger partial charge in [-0.1, -0.05) is 17.7 Å². The highest BCUT2D eigenvalue weighted by Gasteiger charge is 2.27. The van der Waals surface area contributed by atoms with Gasteiger partial charge in [-0.2, -0.15) is 0 Å². The van der Waals surface area contributed by atoms with Gasteiger partial charge in [-0.05, 0) is 44.4 Å². The van der Waals surface area contributed by atoms with E-state index in [-0.39, 0.29) is 0 Å². The molecule has 17 heavy (non-hydrogen) atoms. The Labute approximate surface area is 103 Å². The molecule has 0 saturated carbocycles. The number of rotatable bonds is 3. The van der Waals surface area contributed by atoms with E-state index in [1.54, 1.807) is 6.92 Å². The Morgan fingerprint density at radius 3 is 1.88 bits per heavy atom. The molecule has 0 spiro atoms. The van der Waals surface area contributed by atoms with E-state index in [0.717, 1.165) is 28.5 Å². The smallest absolute Gasteiger partial charge is 0.152 e. The van der Waals surface area contributed by atoms with Gasteiger partial charge in [0.25, 0.3) is 0 Å². The van der Waals surface area contributed by atoms with Gasteiger partial charge >= 0.3 is 0 Å². The predicted octanol–water partition coefficient (Wildman–Crippen LogP) is 2.08. The monoisotopic (exact) mass is 256 g/mol. The lowest BCUT2D eigenvalue weighted by Gasteiger charge is -2.22. The van der Waals surface area contributed by atoms with Crippen LogP contribution in [-0.2, 0) is 9.84 Å². The first kappa shape index (κ1) is 14.2. The summed E-state index contributed by atoms with van der Waals surface area (Å²) in [6, 6.07) is 3.92. The molecular formula is C13H20O3S. The van der Waals surface area contributed by atoms with Crippen molar-refractivity contribution in [2.24, 2.45) is 0 Å². The molecule has 4 heteroatoms. The summed E-state index contributed by atoms with van der Waals surface area (Å²) in [4.78, 5) is 0. The first-order valence-electron chi connectivity index (χ1n) is 5.59. The first-order chi connectivity index (χ1) is 7.64. The predicted molar refractivity (Wildman–Crippen MR) is 69.9 cm³/mol. The molecule has 96 valence electrons. The van der Waals surface area contributed by atoms with Crippen LogP contribution in [0.5, 0.6) is 0 Å². The molecule has 0 radical (unpaired) electrons. The number of aliphatic hydroxyl groups is 1. The van der Waals surface area contributed by atoms with Crippen molar-refractivity contribution in [3.8, 4) is 0 Å². The second kappa shape index (κ2) is 4.78. The van der Waals surface area contributed by atoms with Crippen LogP contribution >= 0.6 is 0 Å². The number of benzene rings is 1. The fourth-order valence-corrected chi connectivity index (χ4v) is 2.73. The molecule has 2 unspecified atom stereocenters. The molecule has 0 aliphatic carbocycles. The highest BCUT2D eigenvalue weighted by Crippen LogP contribution is 2.28. The quantitative estimate of drug-likeness (QED) is 0.901. The molecule has 1 aromatic carbocycles. The molecule has 0 amide bonds. The van der Waals surface area contributed by atoms with E-state index in [9.17, 15) is 13.5 Å². The molecule has 1 rings (SSSR count). The average Bonchev–Trinajstić information content (AvgIpc) is 2.13. The Morgan fingerprint density at radius 2 is 1.53 bits per heavy atom. The Morgan fingerprint density at radius 1 is 1.12 bits per heavy atom. The molecule has 1 aromatic rings. The van der Waals surface area contributed by atoms with E-state index < -0.39 is 21.2 Å². The number of aliphatic hydroxyl groups excluding tert-OH is 1. The van der Waals surface area contributed by atoms with Crippen LogP contribution in [0.2, 0.25) is 0 Å². The molecule has 0 aliphatic rings. The third kappa shape index (κ3) is 3.07. The second-order valence-electron chi connectivity index (χ2n) is 4.79. The van der Waals surface area contributed by atoms with Crippen molar-refractivity contribution in [1.82, 2.24) is 0 Å². The lowest BCUT2D eigenvalue weighted by atomic mass is 9.94. The zero-order chi connectivity index (χ0) is 13.4. The van der Waals surface area contributed by atoms with Crippen molar-refractivity contribution in [1.29, 1.82) is 0 Å². The van der Waals surface area contributed by atoms with Crippen molar-refractivity contribution in [3.63, 3.8) is 0 Å². The molecule has 3 nitrogen and oxygen atoms in total. The lowest BCUT2D eigenvalue weighted by molar-refractivity contribution is 0.174. The summed E-state index contributed by atoms with van der Waals surface area (Å²) in [6.07, 6.45) is 0.185. The summed E-state index contributed by atoms with van der Waals surface area (Å²) in [6.45, 7) is 7.32. The molecule has 2 atom stereocenters. The van der Waals surface area contributed by atoms with Crippen LogP contribution in [0.4, 0.5) is 0 Å². The van der Waals surface area contributed by atoms with Gasteiger partial charge in [0.05, 0.1) is 11.4 Å². The molecular weight excluding hydrogens is 236 g/mol. The van der Waals surface area contributed by atoms with Crippen molar-refractivity contribution >= 4 is 9.84 Å². The Bertz CT molecular complexity index is 494. The molecule has 0 aliphatic heterocycles. The van der Waals surface area contributed by atoms with Crippen molar-refractivity contribution in [2.75, 3.05) is 6.26 Å². The minimum Gasteiger partial charge on any atom is -0.387 e. The molecule has 0 saturated heterocycles. The SMILES string of the molecule is Cc1cc(C)c(C(O)C(C)S(C)(=O)=O)c(C)c1. The van der Waals surface area contributed by atoms with Crippen molar-refractivity contribution in [3.05, 3.63) is 34.4 Å². The number of aryl methyl sites for hydroxylation is 3. The first-order valence-corrected chi connectivity index (χ1v) is 7.54. The van der Waals surface area contributed by atoms with Gasteiger partial charge in [0.15, 0.2) is 9.84 Å². The maximum Gasteiger partial charge on any atom is 0.152 e. The summed E-state index contributed by atoms with van der Waals surface area (Å²) in [5.41, 5.74) is 3.72. The Kier molecular flexibility index (Phi) is 3.99. The van der Waals surface area contributed by atoms with Crippen molar-refractivity contribution < 1.29 is 13.5 Å². The standard InChI is InChI=1S/C13H20O3S/c1-8-6-9(2)12(10(3)7-8)13(14)11(4)17(5,15)16/h6-7,11,13-14H,1-5H3. The van der Waals surface area contributed by atoms with E-state index in [2.05, 4.69) is 0 Å². The zero-order valence-electron chi connectivity index (χ0n) is 11.0. The summed E-state index contributed by atoms with van der Waals surface area (Å²) in [7, 11) is -3.24. The van der Waals surface area contributed by atoms with E-state index >= 15 is 0 Å². The van der Waals surface area contributed by atoms with E-state index in [1.807, 2.05) is 32.9 Å². The normalized spacial score (nSPS) is 15.6. The van der Waals surface area contributed by atoms with Gasteiger partial charge < -0.3 is 5.11 Å². The summed E-state index contributed by atoms with van der Waals surface area (Å²) >= 11 is 0. The molecule has 1 N–H and O–H groups in total. The highest BCUT2D eigenvalue weighted by atomic mass is 32.2. The zero-order valence-corrected chi connectivity index (χ0v) is 11.8. The maximum absolute atomic E-state index is 11.5. The van der Waals surface area contributed by atoms with Crippen LogP contribution in [0.25, 0.3) is 0 Å². The fourth-order valence-electron chi connectivity index (χ4n) is 2.13. The second-order valence-corrected chi connectivity index (χ2v) is 7.19. The lowest BCUT2D eigenvalue weighted by Crippen LogP contribution is -2.25. The third-order valence-electron chi connectivity index (χ3n) is 3.15. The van der Waals surface area contributed by atoms with E-state index in [4.69, 9.17) is 0 Å². The number of hydrogen-bond donors (Lipinski definition) is 1. The molecule has 0 heterocycles. The molecule has 0 fully saturated rings. The Hall–Kier alpha value is -0.870. The largest absolute Gasteiger partial charge is 0.387 e. The van der Waals surface area contributed by atoms with Gasteiger partial charge in [-0.3, -0.25) is 0 Å². The third-order valence-corrected chi connectivity index (χ3v) is 4.76. The van der Waals surface area contributed by atoms with Crippen LogP contribution in [-0.4, -0.2) is 25.0 Å². The Balaban J connectivity index is 3.26. The van der Waals surface area contributed by atoms with Crippen LogP contribution < -0.4 is 0 Å². The number of hydrogen-bond acceptors (Lipinski definition) is 3. The van der Waals surface area contributed by atoms with Crippen LogP contribution in [0, 0.1) is 20.8 Å². The van der Waals surface area contributed by atoms with Crippen LogP contribution in [0.15, 0.2) is 12.1 Å². The highest BCUT2D eigenvalue weighted by molar-refractivity contribution is 7.91. The fraction of sp³-hybridized carbons (Fsp3) is 0.538. The number of sulfone groups is 1. The summed E-state index contributed by atoms with van der Waals surface area (Å²) in [5.74, 6) is 0.